The van der Waals surface area contributed by atoms with Gasteiger partial charge in [0.1, 0.15) is 11.5 Å². The van der Waals surface area contributed by atoms with Crippen LogP contribution in [0.5, 0.6) is 0 Å². The summed E-state index contributed by atoms with van der Waals surface area (Å²) in [5, 5.41) is 0. The summed E-state index contributed by atoms with van der Waals surface area (Å²) in [7, 11) is 0. The first-order chi connectivity index (χ1) is 7.81. The Kier molecular flexibility index (Phi) is 3.42. The minimum atomic E-state index is 0.728. The molecule has 0 radical (unpaired) electrons. The molecule has 2 nitrogen and oxygen atoms in total. The third-order valence-electron chi connectivity index (χ3n) is 2.67. The van der Waals surface area contributed by atoms with E-state index in [2.05, 4.69) is 18.2 Å². The topological polar surface area (TPSA) is 39.2 Å². The lowest BCUT2D eigenvalue weighted by molar-refractivity contribution is 0.547. The van der Waals surface area contributed by atoms with Gasteiger partial charge in [-0.3, -0.25) is 0 Å². The van der Waals surface area contributed by atoms with Crippen LogP contribution in [-0.4, -0.2) is 6.54 Å². The van der Waals surface area contributed by atoms with E-state index in [1.54, 1.807) is 0 Å². The quantitative estimate of drug-likeness (QED) is 0.851. The maximum atomic E-state index is 5.66. The molecule has 1 aromatic heterocycles. The molecule has 2 aromatic rings. The van der Waals surface area contributed by atoms with E-state index in [1.165, 1.54) is 11.1 Å². The Bertz CT molecular complexity index is 459. The molecule has 2 N–H and O–H groups in total. The molecule has 2 heteroatoms. The average molecular weight is 215 g/mol. The molecule has 0 bridgehead atoms. The third kappa shape index (κ3) is 2.34. The van der Waals surface area contributed by atoms with Gasteiger partial charge < -0.3 is 10.2 Å². The second kappa shape index (κ2) is 4.99. The van der Waals surface area contributed by atoms with Gasteiger partial charge in [-0.05, 0) is 44.0 Å². The zero-order valence-corrected chi connectivity index (χ0v) is 9.57. The molecular formula is C14H17NO. The molecule has 0 aliphatic rings. The Labute approximate surface area is 96.1 Å². The van der Waals surface area contributed by atoms with E-state index in [0.717, 1.165) is 30.9 Å². The number of hydrogen-bond acceptors (Lipinski definition) is 2. The number of nitrogens with two attached hydrogens (primary N) is 1. The number of benzene rings is 1. The summed E-state index contributed by atoms with van der Waals surface area (Å²) in [5.41, 5.74) is 8.04. The van der Waals surface area contributed by atoms with Crippen molar-refractivity contribution in [2.45, 2.75) is 19.8 Å². The molecule has 0 amide bonds. The Balaban J connectivity index is 2.32. The van der Waals surface area contributed by atoms with Crippen LogP contribution in [0.4, 0.5) is 0 Å². The molecule has 1 heterocycles. The van der Waals surface area contributed by atoms with E-state index in [0.29, 0.717) is 0 Å². The highest BCUT2D eigenvalue weighted by Crippen LogP contribution is 2.26. The van der Waals surface area contributed by atoms with Crippen molar-refractivity contribution >= 4 is 0 Å². The smallest absolute Gasteiger partial charge is 0.134 e. The monoisotopic (exact) mass is 215 g/mol. The Morgan fingerprint density at radius 1 is 1.12 bits per heavy atom. The van der Waals surface area contributed by atoms with E-state index < -0.39 is 0 Å². The van der Waals surface area contributed by atoms with Crippen molar-refractivity contribution in [1.82, 2.24) is 0 Å². The minimum absolute atomic E-state index is 0.728. The van der Waals surface area contributed by atoms with Gasteiger partial charge in [0.15, 0.2) is 0 Å². The number of hydrogen-bond donors (Lipinski definition) is 1. The highest BCUT2D eigenvalue weighted by atomic mass is 16.3. The van der Waals surface area contributed by atoms with Crippen LogP contribution in [0.15, 0.2) is 40.8 Å². The number of rotatable bonds is 4. The van der Waals surface area contributed by atoms with Gasteiger partial charge in [-0.15, -0.1) is 0 Å². The lowest BCUT2D eigenvalue weighted by Gasteiger charge is -2.06. The fraction of sp³-hybridized carbons (Fsp3) is 0.286. The summed E-state index contributed by atoms with van der Waals surface area (Å²) in [6.45, 7) is 2.69. The zero-order chi connectivity index (χ0) is 11.4. The van der Waals surface area contributed by atoms with E-state index in [4.69, 9.17) is 10.2 Å². The van der Waals surface area contributed by atoms with E-state index >= 15 is 0 Å². The lowest BCUT2D eigenvalue weighted by atomic mass is 10.0. The van der Waals surface area contributed by atoms with Gasteiger partial charge >= 0.3 is 0 Å². The van der Waals surface area contributed by atoms with Crippen LogP contribution in [0.1, 0.15) is 17.7 Å². The van der Waals surface area contributed by atoms with Crippen molar-refractivity contribution in [1.29, 1.82) is 0 Å². The molecule has 0 unspecified atom stereocenters. The third-order valence-corrected chi connectivity index (χ3v) is 2.67. The van der Waals surface area contributed by atoms with Crippen molar-refractivity contribution in [3.05, 3.63) is 47.7 Å². The van der Waals surface area contributed by atoms with Crippen LogP contribution >= 0.6 is 0 Å². The van der Waals surface area contributed by atoms with Crippen LogP contribution in [0, 0.1) is 6.92 Å². The Morgan fingerprint density at radius 3 is 2.62 bits per heavy atom. The van der Waals surface area contributed by atoms with E-state index in [1.807, 2.05) is 25.1 Å². The van der Waals surface area contributed by atoms with Crippen molar-refractivity contribution in [2.75, 3.05) is 6.54 Å². The number of aryl methyl sites for hydroxylation is 2. The normalized spacial score (nSPS) is 10.6. The van der Waals surface area contributed by atoms with Crippen LogP contribution in [0.3, 0.4) is 0 Å². The van der Waals surface area contributed by atoms with Gasteiger partial charge in [-0.1, -0.05) is 24.3 Å². The molecule has 84 valence electrons. The molecule has 2 rings (SSSR count). The van der Waals surface area contributed by atoms with Crippen LogP contribution in [-0.2, 0) is 6.42 Å². The largest absolute Gasteiger partial charge is 0.461 e. The fourth-order valence-electron chi connectivity index (χ4n) is 1.85. The lowest BCUT2D eigenvalue weighted by Crippen LogP contribution is -2.01. The molecular weight excluding hydrogens is 198 g/mol. The van der Waals surface area contributed by atoms with Crippen molar-refractivity contribution in [3.8, 4) is 11.3 Å². The van der Waals surface area contributed by atoms with E-state index in [9.17, 15) is 0 Å². The van der Waals surface area contributed by atoms with Gasteiger partial charge in [-0.25, -0.2) is 0 Å². The predicted octanol–water partition coefficient (Wildman–Crippen LogP) is 3.15. The zero-order valence-electron chi connectivity index (χ0n) is 9.57. The Hall–Kier alpha value is -1.54. The summed E-state index contributed by atoms with van der Waals surface area (Å²) in [6.07, 6.45) is 2.02. The molecule has 0 fully saturated rings. The maximum Gasteiger partial charge on any atom is 0.134 e. The van der Waals surface area contributed by atoms with Crippen molar-refractivity contribution in [2.24, 2.45) is 5.73 Å². The average Bonchev–Trinajstić information content (AvgIpc) is 2.73. The fourth-order valence-corrected chi connectivity index (χ4v) is 1.85. The SMILES string of the molecule is Cc1ccc(-c2ccccc2CCCN)o1. The first-order valence-electron chi connectivity index (χ1n) is 5.66. The van der Waals surface area contributed by atoms with E-state index in [-0.39, 0.29) is 0 Å². The molecule has 0 aliphatic carbocycles. The molecule has 16 heavy (non-hydrogen) atoms. The molecule has 1 aromatic carbocycles. The van der Waals surface area contributed by atoms with Crippen LogP contribution < -0.4 is 5.73 Å². The first kappa shape index (κ1) is 11.0. The van der Waals surface area contributed by atoms with Gasteiger partial charge in [0.05, 0.1) is 0 Å². The van der Waals surface area contributed by atoms with Gasteiger partial charge in [0.25, 0.3) is 0 Å². The highest BCUT2D eigenvalue weighted by Gasteiger charge is 2.07. The predicted molar refractivity (Wildman–Crippen MR) is 66.3 cm³/mol. The van der Waals surface area contributed by atoms with Crippen LogP contribution in [0.2, 0.25) is 0 Å². The molecule has 0 atom stereocenters. The summed E-state index contributed by atoms with van der Waals surface area (Å²) in [6, 6.07) is 12.4. The second-order valence-corrected chi connectivity index (χ2v) is 3.96. The number of furan rings is 1. The molecule has 0 saturated heterocycles. The van der Waals surface area contributed by atoms with Crippen molar-refractivity contribution in [3.63, 3.8) is 0 Å². The molecule has 0 aliphatic heterocycles. The van der Waals surface area contributed by atoms with Gasteiger partial charge in [0, 0.05) is 5.56 Å². The molecule has 0 saturated carbocycles. The van der Waals surface area contributed by atoms with Gasteiger partial charge in [-0.2, -0.15) is 0 Å². The standard InChI is InChI=1S/C14H17NO/c1-11-8-9-14(16-11)13-7-3-2-5-12(13)6-4-10-15/h2-3,5,7-9H,4,6,10,15H2,1H3. The minimum Gasteiger partial charge on any atom is -0.461 e. The Morgan fingerprint density at radius 2 is 1.94 bits per heavy atom. The van der Waals surface area contributed by atoms with Crippen LogP contribution in [0.25, 0.3) is 11.3 Å². The highest BCUT2D eigenvalue weighted by molar-refractivity contribution is 5.62. The second-order valence-electron chi connectivity index (χ2n) is 3.96. The summed E-state index contributed by atoms with van der Waals surface area (Å²) in [4.78, 5) is 0. The summed E-state index contributed by atoms with van der Waals surface area (Å²) < 4.78 is 5.66. The first-order valence-corrected chi connectivity index (χ1v) is 5.66. The summed E-state index contributed by atoms with van der Waals surface area (Å²) in [5.74, 6) is 1.90. The van der Waals surface area contributed by atoms with Gasteiger partial charge in [0.2, 0.25) is 0 Å². The maximum absolute atomic E-state index is 5.66. The summed E-state index contributed by atoms with van der Waals surface area (Å²) >= 11 is 0. The van der Waals surface area contributed by atoms with Crippen molar-refractivity contribution < 1.29 is 4.42 Å². The molecule has 0 spiro atoms.